The Labute approximate surface area is 123 Å². The van der Waals surface area contributed by atoms with Gasteiger partial charge in [0, 0.05) is 18.0 Å². The van der Waals surface area contributed by atoms with Gasteiger partial charge < -0.3 is 0 Å². The van der Waals surface area contributed by atoms with E-state index in [0.29, 0.717) is 23.3 Å². The molecular weight excluding hydrogens is 275 g/mol. The molecule has 0 bridgehead atoms. The molecule has 0 aliphatic heterocycles. The lowest BCUT2D eigenvalue weighted by atomic mass is 10.0. The Morgan fingerprint density at radius 1 is 1.15 bits per heavy atom. The van der Waals surface area contributed by atoms with Crippen LogP contribution in [-0.2, 0) is 6.42 Å². The molecule has 3 rings (SSSR count). The maximum Gasteiger partial charge on any atom is 0.134 e. The highest BCUT2D eigenvalue weighted by molar-refractivity contribution is 6.29. The van der Waals surface area contributed by atoms with E-state index in [1.807, 2.05) is 12.1 Å². The van der Waals surface area contributed by atoms with Crippen LogP contribution in [0.3, 0.4) is 0 Å². The minimum atomic E-state index is -0.236. The second kappa shape index (κ2) is 5.88. The van der Waals surface area contributed by atoms with Gasteiger partial charge in [0.15, 0.2) is 0 Å². The van der Waals surface area contributed by atoms with E-state index in [1.54, 1.807) is 6.07 Å². The predicted molar refractivity (Wildman–Crippen MR) is 77.5 cm³/mol. The average molecular weight is 291 g/mol. The smallest absolute Gasteiger partial charge is 0.134 e. The summed E-state index contributed by atoms with van der Waals surface area (Å²) < 4.78 is 13.2. The Morgan fingerprint density at radius 3 is 2.70 bits per heavy atom. The minimum Gasteiger partial charge on any atom is -0.237 e. The lowest BCUT2D eigenvalue weighted by Crippen LogP contribution is -2.04. The summed E-state index contributed by atoms with van der Waals surface area (Å²) in [4.78, 5) is 8.88. The Bertz CT molecular complexity index is 609. The number of aromatic nitrogens is 2. The molecule has 1 aliphatic carbocycles. The number of hydrogen-bond donors (Lipinski definition) is 0. The number of benzene rings is 1. The largest absolute Gasteiger partial charge is 0.237 e. The van der Waals surface area contributed by atoms with Crippen molar-refractivity contribution in [2.24, 2.45) is 0 Å². The van der Waals surface area contributed by atoms with Gasteiger partial charge in [-0.2, -0.15) is 0 Å². The molecule has 20 heavy (non-hydrogen) atoms. The Hall–Kier alpha value is -1.48. The highest BCUT2D eigenvalue weighted by Gasteiger charge is 2.19. The van der Waals surface area contributed by atoms with E-state index >= 15 is 0 Å². The molecule has 0 unspecified atom stereocenters. The first-order chi connectivity index (χ1) is 9.70. The third kappa shape index (κ3) is 3.15. The second-order valence-electron chi connectivity index (χ2n) is 5.32. The summed E-state index contributed by atoms with van der Waals surface area (Å²) in [6.45, 7) is 0. The van der Waals surface area contributed by atoms with Crippen LogP contribution in [-0.4, -0.2) is 9.97 Å². The first-order valence-electron chi connectivity index (χ1n) is 6.98. The van der Waals surface area contributed by atoms with Crippen molar-refractivity contribution in [3.8, 4) is 0 Å². The molecule has 0 atom stereocenters. The van der Waals surface area contributed by atoms with Crippen molar-refractivity contribution in [3.05, 3.63) is 58.4 Å². The van der Waals surface area contributed by atoms with Gasteiger partial charge >= 0.3 is 0 Å². The first-order valence-corrected chi connectivity index (χ1v) is 7.36. The summed E-state index contributed by atoms with van der Waals surface area (Å²) >= 11 is 6.10. The third-order valence-electron chi connectivity index (χ3n) is 3.79. The van der Waals surface area contributed by atoms with Crippen molar-refractivity contribution in [3.63, 3.8) is 0 Å². The number of halogens is 2. The molecule has 0 N–H and O–H groups in total. The molecule has 0 spiro atoms. The van der Waals surface area contributed by atoms with E-state index in [9.17, 15) is 4.39 Å². The van der Waals surface area contributed by atoms with Gasteiger partial charge in [-0.25, -0.2) is 14.4 Å². The van der Waals surface area contributed by atoms with Gasteiger partial charge in [0.25, 0.3) is 0 Å². The van der Waals surface area contributed by atoms with Crippen LogP contribution < -0.4 is 0 Å². The zero-order chi connectivity index (χ0) is 13.9. The molecule has 1 heterocycles. The maximum absolute atomic E-state index is 13.2. The average Bonchev–Trinajstić information content (AvgIpc) is 2.91. The van der Waals surface area contributed by atoms with E-state index in [4.69, 9.17) is 11.6 Å². The van der Waals surface area contributed by atoms with E-state index in [-0.39, 0.29) is 5.82 Å². The first kappa shape index (κ1) is 13.5. The highest BCUT2D eigenvalue weighted by Crippen LogP contribution is 2.33. The van der Waals surface area contributed by atoms with Crippen LogP contribution in [0.1, 0.15) is 48.7 Å². The fourth-order valence-corrected chi connectivity index (χ4v) is 3.03. The normalized spacial score (nSPS) is 15.7. The predicted octanol–water partition coefficient (Wildman–Crippen LogP) is 4.52. The van der Waals surface area contributed by atoms with Crippen LogP contribution >= 0.6 is 11.6 Å². The van der Waals surface area contributed by atoms with Gasteiger partial charge in [-0.1, -0.05) is 36.6 Å². The second-order valence-corrected chi connectivity index (χ2v) is 5.71. The molecular formula is C16H16ClFN2. The minimum absolute atomic E-state index is 0.236. The highest BCUT2D eigenvalue weighted by atomic mass is 35.5. The Morgan fingerprint density at radius 2 is 1.95 bits per heavy atom. The van der Waals surface area contributed by atoms with Crippen molar-refractivity contribution in [2.45, 2.75) is 38.0 Å². The molecule has 2 aromatic rings. The van der Waals surface area contributed by atoms with Crippen molar-refractivity contribution < 1.29 is 4.39 Å². The molecule has 1 saturated carbocycles. The zero-order valence-corrected chi connectivity index (χ0v) is 11.9. The summed E-state index contributed by atoms with van der Waals surface area (Å²) in [6.07, 6.45) is 5.37. The number of nitrogens with zero attached hydrogens (tertiary/aromatic N) is 2. The van der Waals surface area contributed by atoms with Crippen molar-refractivity contribution in [2.75, 3.05) is 0 Å². The van der Waals surface area contributed by atoms with Gasteiger partial charge in [0.1, 0.15) is 16.8 Å². The zero-order valence-electron chi connectivity index (χ0n) is 11.1. The number of hydrogen-bond acceptors (Lipinski definition) is 2. The van der Waals surface area contributed by atoms with Gasteiger partial charge in [-0.15, -0.1) is 0 Å². The molecule has 0 saturated heterocycles. The summed E-state index contributed by atoms with van der Waals surface area (Å²) in [5.74, 6) is 0.937. The summed E-state index contributed by atoms with van der Waals surface area (Å²) in [5.41, 5.74) is 1.90. The van der Waals surface area contributed by atoms with Gasteiger partial charge in [0.2, 0.25) is 0 Å². The van der Waals surface area contributed by atoms with E-state index in [1.165, 1.54) is 37.8 Å². The molecule has 0 radical (unpaired) electrons. The van der Waals surface area contributed by atoms with Crippen LogP contribution in [0.4, 0.5) is 4.39 Å². The van der Waals surface area contributed by atoms with E-state index in [2.05, 4.69) is 9.97 Å². The van der Waals surface area contributed by atoms with Gasteiger partial charge in [-0.3, -0.25) is 0 Å². The Kier molecular flexibility index (Phi) is 3.97. The van der Waals surface area contributed by atoms with Crippen LogP contribution in [0, 0.1) is 5.82 Å². The monoisotopic (exact) mass is 290 g/mol. The lowest BCUT2D eigenvalue weighted by Gasteiger charge is -2.10. The van der Waals surface area contributed by atoms with Crippen molar-refractivity contribution in [1.82, 2.24) is 9.97 Å². The summed E-state index contributed by atoms with van der Waals surface area (Å²) in [7, 11) is 0. The van der Waals surface area contributed by atoms with Gasteiger partial charge in [0.05, 0.1) is 0 Å². The number of rotatable bonds is 3. The molecule has 1 aromatic heterocycles. The van der Waals surface area contributed by atoms with Crippen LogP contribution in [0.5, 0.6) is 0 Å². The molecule has 4 heteroatoms. The summed E-state index contributed by atoms with van der Waals surface area (Å²) in [5, 5.41) is 0.480. The van der Waals surface area contributed by atoms with Gasteiger partial charge in [-0.05, 0) is 36.6 Å². The van der Waals surface area contributed by atoms with Crippen LogP contribution in [0.25, 0.3) is 0 Å². The molecule has 1 aliphatic rings. The molecule has 2 nitrogen and oxygen atoms in total. The molecule has 1 aromatic carbocycles. The van der Waals surface area contributed by atoms with Crippen molar-refractivity contribution in [1.29, 1.82) is 0 Å². The Balaban J connectivity index is 1.85. The summed E-state index contributed by atoms with van der Waals surface area (Å²) in [6, 6.07) is 8.40. The standard InChI is InChI=1S/C16H16ClFN2/c17-15-10-14(12-5-1-2-6-12)19-16(20-15)9-11-4-3-7-13(18)8-11/h3-4,7-8,10,12H,1-2,5-6,9H2. The van der Waals surface area contributed by atoms with Crippen molar-refractivity contribution >= 4 is 11.6 Å². The third-order valence-corrected chi connectivity index (χ3v) is 3.98. The van der Waals surface area contributed by atoms with E-state index in [0.717, 1.165) is 11.3 Å². The molecule has 104 valence electrons. The van der Waals surface area contributed by atoms with E-state index < -0.39 is 0 Å². The molecule has 0 amide bonds. The lowest BCUT2D eigenvalue weighted by molar-refractivity contribution is 0.625. The SMILES string of the molecule is Fc1cccc(Cc2nc(Cl)cc(C3CCCC3)n2)c1. The van der Waals surface area contributed by atoms with Crippen LogP contribution in [0.2, 0.25) is 5.15 Å². The van der Waals surface area contributed by atoms with Crippen LogP contribution in [0.15, 0.2) is 30.3 Å². The maximum atomic E-state index is 13.2. The quantitative estimate of drug-likeness (QED) is 0.777. The topological polar surface area (TPSA) is 25.8 Å². The molecule has 1 fully saturated rings. The fourth-order valence-electron chi connectivity index (χ4n) is 2.82. The fraction of sp³-hybridized carbons (Fsp3) is 0.375.